The van der Waals surface area contributed by atoms with Crippen molar-refractivity contribution in [3.63, 3.8) is 0 Å². The third-order valence-corrected chi connectivity index (χ3v) is 2.56. The predicted octanol–water partition coefficient (Wildman–Crippen LogP) is 2.56. The van der Waals surface area contributed by atoms with E-state index in [4.69, 9.17) is 4.74 Å². The second-order valence-corrected chi connectivity index (χ2v) is 3.73. The standard InChI is InChI=1S/C14H14O2.K/c1-11(15)16-10-9-13-7-4-6-12-5-2-3-8-14(12)13;/h2-8H,9-10H2,1H3;. The molecule has 0 unspecified atom stereocenters. The summed E-state index contributed by atoms with van der Waals surface area (Å²) in [6.45, 7) is 1.88. The zero-order valence-electron chi connectivity index (χ0n) is 10.3. The molecule has 0 aliphatic rings. The van der Waals surface area contributed by atoms with Gasteiger partial charge < -0.3 is 4.74 Å². The summed E-state index contributed by atoms with van der Waals surface area (Å²) in [6.07, 6.45) is 0.765. The van der Waals surface area contributed by atoms with Crippen molar-refractivity contribution in [2.75, 3.05) is 6.61 Å². The maximum absolute atomic E-state index is 10.7. The molecular formula is C14H14KO2. The van der Waals surface area contributed by atoms with E-state index in [1.54, 1.807) is 0 Å². The topological polar surface area (TPSA) is 26.3 Å². The van der Waals surface area contributed by atoms with Crippen LogP contribution in [0.4, 0.5) is 0 Å². The minimum absolute atomic E-state index is 0. The van der Waals surface area contributed by atoms with E-state index in [2.05, 4.69) is 24.3 Å². The van der Waals surface area contributed by atoms with Gasteiger partial charge in [-0.1, -0.05) is 42.5 Å². The van der Waals surface area contributed by atoms with Crippen LogP contribution in [-0.2, 0) is 16.0 Å². The van der Waals surface area contributed by atoms with E-state index in [1.165, 1.54) is 23.3 Å². The summed E-state index contributed by atoms with van der Waals surface area (Å²) >= 11 is 0. The van der Waals surface area contributed by atoms with Gasteiger partial charge in [0.1, 0.15) is 0 Å². The van der Waals surface area contributed by atoms with Gasteiger partial charge in [0.25, 0.3) is 0 Å². The Morgan fingerprint density at radius 3 is 2.59 bits per heavy atom. The Kier molecular flexibility index (Phi) is 6.37. The molecule has 2 nitrogen and oxygen atoms in total. The molecule has 0 aliphatic heterocycles. The molecule has 0 saturated heterocycles. The molecule has 17 heavy (non-hydrogen) atoms. The molecule has 2 aromatic carbocycles. The molecule has 2 rings (SSSR count). The summed E-state index contributed by atoms with van der Waals surface area (Å²) in [7, 11) is 0. The van der Waals surface area contributed by atoms with Crippen LogP contribution in [0.3, 0.4) is 0 Å². The normalized spacial score (nSPS) is 9.71. The SMILES string of the molecule is CC(=O)OCCc1cccc2ccccc12.[K]. The van der Waals surface area contributed by atoms with E-state index >= 15 is 0 Å². The van der Waals surface area contributed by atoms with Gasteiger partial charge in [-0.15, -0.1) is 0 Å². The van der Waals surface area contributed by atoms with Crippen molar-refractivity contribution in [3.8, 4) is 0 Å². The van der Waals surface area contributed by atoms with E-state index in [1.807, 2.05) is 18.2 Å². The number of esters is 1. The van der Waals surface area contributed by atoms with Crippen LogP contribution >= 0.6 is 0 Å². The number of ether oxygens (including phenoxy) is 1. The molecule has 1 radical (unpaired) electrons. The number of rotatable bonds is 3. The molecule has 2 aromatic rings. The third kappa shape index (κ3) is 4.19. The van der Waals surface area contributed by atoms with Crippen LogP contribution in [0.25, 0.3) is 10.8 Å². The Morgan fingerprint density at radius 1 is 1.12 bits per heavy atom. The molecule has 0 spiro atoms. The fourth-order valence-corrected chi connectivity index (χ4v) is 1.82. The first-order valence-electron chi connectivity index (χ1n) is 5.37. The first-order chi connectivity index (χ1) is 7.77. The number of fused-ring (bicyclic) bond motifs is 1. The second-order valence-electron chi connectivity index (χ2n) is 3.73. The van der Waals surface area contributed by atoms with Gasteiger partial charge in [-0.05, 0) is 16.3 Å². The molecule has 0 atom stereocenters. The number of hydrogen-bond donors (Lipinski definition) is 0. The average Bonchev–Trinajstić information content (AvgIpc) is 2.29. The summed E-state index contributed by atoms with van der Waals surface area (Å²) in [5.41, 5.74) is 1.22. The molecule has 0 amide bonds. The summed E-state index contributed by atoms with van der Waals surface area (Å²) in [6, 6.07) is 14.4. The van der Waals surface area contributed by atoms with Crippen molar-refractivity contribution in [1.29, 1.82) is 0 Å². The van der Waals surface area contributed by atoms with E-state index in [0.29, 0.717) is 6.61 Å². The number of hydrogen-bond acceptors (Lipinski definition) is 2. The van der Waals surface area contributed by atoms with E-state index in [0.717, 1.165) is 6.42 Å². The summed E-state index contributed by atoms with van der Waals surface area (Å²) in [4.78, 5) is 10.7. The molecule has 83 valence electrons. The molecule has 0 heterocycles. The van der Waals surface area contributed by atoms with Crippen LogP contribution in [-0.4, -0.2) is 64.0 Å². The first-order valence-corrected chi connectivity index (χ1v) is 5.37. The molecule has 0 fully saturated rings. The van der Waals surface area contributed by atoms with Crippen LogP contribution in [0.15, 0.2) is 42.5 Å². The largest absolute Gasteiger partial charge is 0.466 e. The van der Waals surface area contributed by atoms with Gasteiger partial charge in [0.15, 0.2) is 0 Å². The van der Waals surface area contributed by atoms with Crippen LogP contribution in [0, 0.1) is 0 Å². The Morgan fingerprint density at radius 2 is 1.82 bits per heavy atom. The van der Waals surface area contributed by atoms with Crippen molar-refractivity contribution < 1.29 is 9.53 Å². The summed E-state index contributed by atoms with van der Waals surface area (Å²) in [5, 5.41) is 2.46. The number of carbonyl (C=O) groups is 1. The van der Waals surface area contributed by atoms with Gasteiger partial charge in [0.2, 0.25) is 0 Å². The van der Waals surface area contributed by atoms with E-state index in [-0.39, 0.29) is 57.4 Å². The monoisotopic (exact) mass is 253 g/mol. The fraction of sp³-hybridized carbons (Fsp3) is 0.214. The first kappa shape index (κ1) is 14.9. The Hall–Kier alpha value is -0.194. The maximum atomic E-state index is 10.7. The van der Waals surface area contributed by atoms with Gasteiger partial charge in [-0.25, -0.2) is 0 Å². The number of carbonyl (C=O) groups excluding carboxylic acids is 1. The average molecular weight is 253 g/mol. The predicted molar refractivity (Wildman–Crippen MR) is 70.0 cm³/mol. The molecular weight excluding hydrogens is 239 g/mol. The molecule has 0 saturated carbocycles. The second kappa shape index (κ2) is 7.29. The van der Waals surface area contributed by atoms with Crippen LogP contribution in [0.1, 0.15) is 12.5 Å². The minimum Gasteiger partial charge on any atom is -0.466 e. The van der Waals surface area contributed by atoms with Crippen molar-refractivity contribution in [3.05, 3.63) is 48.0 Å². The van der Waals surface area contributed by atoms with Gasteiger partial charge >= 0.3 is 5.97 Å². The van der Waals surface area contributed by atoms with Crippen molar-refractivity contribution in [2.45, 2.75) is 13.3 Å². The quantitative estimate of drug-likeness (QED) is 0.621. The van der Waals surface area contributed by atoms with Crippen LogP contribution < -0.4 is 0 Å². The molecule has 3 heteroatoms. The Balaban J connectivity index is 0.00000144. The Bertz CT molecular complexity index is 503. The molecule has 0 N–H and O–H groups in total. The van der Waals surface area contributed by atoms with Gasteiger partial charge in [-0.2, -0.15) is 0 Å². The van der Waals surface area contributed by atoms with Crippen molar-refractivity contribution >= 4 is 68.1 Å². The summed E-state index contributed by atoms with van der Waals surface area (Å²) < 4.78 is 4.96. The zero-order valence-corrected chi connectivity index (χ0v) is 13.4. The van der Waals surface area contributed by atoms with Gasteiger partial charge in [-0.3, -0.25) is 4.79 Å². The van der Waals surface area contributed by atoms with Gasteiger partial charge in [0.05, 0.1) is 6.61 Å². The molecule has 0 aromatic heterocycles. The molecule has 0 bridgehead atoms. The van der Waals surface area contributed by atoms with E-state index < -0.39 is 0 Å². The summed E-state index contributed by atoms with van der Waals surface area (Å²) in [5.74, 6) is -0.222. The van der Waals surface area contributed by atoms with Crippen LogP contribution in [0.5, 0.6) is 0 Å². The van der Waals surface area contributed by atoms with Gasteiger partial charge in [0, 0.05) is 64.7 Å². The number of benzene rings is 2. The van der Waals surface area contributed by atoms with Crippen molar-refractivity contribution in [2.24, 2.45) is 0 Å². The fourth-order valence-electron chi connectivity index (χ4n) is 1.82. The van der Waals surface area contributed by atoms with Crippen LogP contribution in [0.2, 0.25) is 0 Å². The smallest absolute Gasteiger partial charge is 0.302 e. The zero-order chi connectivity index (χ0) is 11.4. The van der Waals surface area contributed by atoms with E-state index in [9.17, 15) is 4.79 Å². The minimum atomic E-state index is -0.222. The Labute approximate surface area is 144 Å². The third-order valence-electron chi connectivity index (χ3n) is 2.56. The molecule has 0 aliphatic carbocycles. The van der Waals surface area contributed by atoms with Crippen molar-refractivity contribution in [1.82, 2.24) is 0 Å². The maximum Gasteiger partial charge on any atom is 0.302 e.